The van der Waals surface area contributed by atoms with Crippen LogP contribution in [0.15, 0.2) is 18.3 Å². The topological polar surface area (TPSA) is 48.1 Å². The lowest BCUT2D eigenvalue weighted by molar-refractivity contribution is 0.201. The highest BCUT2D eigenvalue weighted by atomic mass is 32.1. The molecule has 0 bridgehead atoms. The van der Waals surface area contributed by atoms with Crippen molar-refractivity contribution in [1.82, 2.24) is 4.98 Å². The van der Waals surface area contributed by atoms with Gasteiger partial charge in [-0.1, -0.05) is 25.6 Å². The molecule has 4 heteroatoms. The van der Waals surface area contributed by atoms with Crippen LogP contribution in [-0.2, 0) is 0 Å². The Balaban J connectivity index is 2.69. The maximum atomic E-state index is 5.62. The molecule has 0 saturated heterocycles. The Morgan fingerprint density at radius 2 is 2.40 bits per heavy atom. The largest absolute Gasteiger partial charge is 0.475 e. The second-order valence-electron chi connectivity index (χ2n) is 3.46. The fourth-order valence-corrected chi connectivity index (χ4v) is 1.43. The molecule has 15 heavy (non-hydrogen) atoms. The highest BCUT2D eigenvalue weighted by Gasteiger charge is 2.05. The quantitative estimate of drug-likeness (QED) is 0.779. The van der Waals surface area contributed by atoms with E-state index in [1.54, 1.807) is 18.3 Å². The maximum Gasteiger partial charge on any atom is 0.214 e. The fourth-order valence-electron chi connectivity index (χ4n) is 1.30. The number of nitrogens with zero attached hydrogens (tertiary/aromatic N) is 1. The zero-order valence-corrected chi connectivity index (χ0v) is 9.88. The molecule has 1 rings (SSSR count). The summed E-state index contributed by atoms with van der Waals surface area (Å²) in [5.74, 6) is 0.584. The van der Waals surface area contributed by atoms with Gasteiger partial charge in [-0.25, -0.2) is 4.98 Å². The minimum atomic E-state index is 0.170. The molecule has 82 valence electrons. The van der Waals surface area contributed by atoms with E-state index in [0.29, 0.717) is 10.9 Å². The summed E-state index contributed by atoms with van der Waals surface area (Å²) in [5.41, 5.74) is 6.31. The van der Waals surface area contributed by atoms with E-state index >= 15 is 0 Å². The van der Waals surface area contributed by atoms with Crippen LogP contribution in [0.25, 0.3) is 0 Å². The van der Waals surface area contributed by atoms with Gasteiger partial charge in [0.2, 0.25) is 5.88 Å². The van der Waals surface area contributed by atoms with Gasteiger partial charge in [0.25, 0.3) is 0 Å². The first-order chi connectivity index (χ1) is 7.13. The average Bonchev–Trinajstić information content (AvgIpc) is 2.18. The van der Waals surface area contributed by atoms with Gasteiger partial charge in [0.1, 0.15) is 4.99 Å². The molecule has 0 aliphatic heterocycles. The molecule has 0 amide bonds. The van der Waals surface area contributed by atoms with Crippen molar-refractivity contribution in [2.75, 3.05) is 0 Å². The van der Waals surface area contributed by atoms with Crippen LogP contribution in [0, 0.1) is 0 Å². The van der Waals surface area contributed by atoms with E-state index in [9.17, 15) is 0 Å². The Labute approximate surface area is 95.7 Å². The first kappa shape index (κ1) is 11.9. The number of ether oxygens (including phenoxy) is 1. The van der Waals surface area contributed by atoms with Crippen LogP contribution in [0.3, 0.4) is 0 Å². The number of hydrogen-bond acceptors (Lipinski definition) is 3. The van der Waals surface area contributed by atoms with Crippen molar-refractivity contribution in [3.63, 3.8) is 0 Å². The van der Waals surface area contributed by atoms with Crippen LogP contribution in [0.4, 0.5) is 0 Å². The van der Waals surface area contributed by atoms with E-state index in [2.05, 4.69) is 11.9 Å². The molecule has 1 heterocycles. The van der Waals surface area contributed by atoms with Crippen molar-refractivity contribution in [3.8, 4) is 5.88 Å². The van der Waals surface area contributed by atoms with E-state index < -0.39 is 0 Å². The molecule has 3 nitrogen and oxygen atoms in total. The SMILES string of the molecule is CCCC(C)Oc1cc(C(N)=S)ccn1. The van der Waals surface area contributed by atoms with E-state index in [1.165, 1.54) is 0 Å². The van der Waals surface area contributed by atoms with Gasteiger partial charge in [-0.05, 0) is 19.4 Å². The van der Waals surface area contributed by atoms with Crippen molar-refractivity contribution >= 4 is 17.2 Å². The summed E-state index contributed by atoms with van der Waals surface area (Å²) < 4.78 is 5.62. The smallest absolute Gasteiger partial charge is 0.214 e. The Bertz CT molecular complexity index is 341. The van der Waals surface area contributed by atoms with Crippen LogP contribution in [0.1, 0.15) is 32.3 Å². The Morgan fingerprint density at radius 1 is 1.67 bits per heavy atom. The van der Waals surface area contributed by atoms with E-state index in [-0.39, 0.29) is 6.10 Å². The third-order valence-corrected chi connectivity index (χ3v) is 2.27. The maximum absolute atomic E-state index is 5.62. The minimum absolute atomic E-state index is 0.170. The molecular formula is C11H16N2OS. The van der Waals surface area contributed by atoms with Crippen molar-refractivity contribution in [2.24, 2.45) is 5.73 Å². The number of thiocarbonyl (C=S) groups is 1. The summed E-state index contributed by atoms with van der Waals surface area (Å²) in [5, 5.41) is 0. The van der Waals surface area contributed by atoms with Gasteiger partial charge in [0.05, 0.1) is 6.10 Å². The van der Waals surface area contributed by atoms with E-state index in [4.69, 9.17) is 22.7 Å². The molecule has 0 radical (unpaired) electrons. The number of rotatable bonds is 5. The molecule has 1 unspecified atom stereocenters. The van der Waals surface area contributed by atoms with Crippen molar-refractivity contribution in [3.05, 3.63) is 23.9 Å². The third-order valence-electron chi connectivity index (χ3n) is 2.04. The Kier molecular flexibility index (Phi) is 4.49. The highest BCUT2D eigenvalue weighted by molar-refractivity contribution is 7.80. The second kappa shape index (κ2) is 5.66. The minimum Gasteiger partial charge on any atom is -0.475 e. The Hall–Kier alpha value is -1.16. The zero-order valence-electron chi connectivity index (χ0n) is 9.06. The first-order valence-corrected chi connectivity index (χ1v) is 5.46. The molecule has 0 saturated carbocycles. The molecule has 0 aliphatic carbocycles. The molecule has 0 fully saturated rings. The molecule has 0 aliphatic rings. The summed E-state index contributed by atoms with van der Waals surface area (Å²) in [4.78, 5) is 4.47. The van der Waals surface area contributed by atoms with Gasteiger partial charge in [-0.3, -0.25) is 0 Å². The molecular weight excluding hydrogens is 208 g/mol. The van der Waals surface area contributed by atoms with E-state index in [0.717, 1.165) is 18.4 Å². The third kappa shape index (κ3) is 3.83. The standard InChI is InChI=1S/C11H16N2OS/c1-3-4-8(2)14-10-7-9(11(12)15)5-6-13-10/h5-8H,3-4H2,1-2H3,(H2,12,15). The predicted octanol–water partition coefficient (Wildman–Crippen LogP) is 2.28. The zero-order chi connectivity index (χ0) is 11.3. The number of pyridine rings is 1. The van der Waals surface area contributed by atoms with Gasteiger partial charge in [0.15, 0.2) is 0 Å². The van der Waals surface area contributed by atoms with Crippen LogP contribution in [-0.4, -0.2) is 16.1 Å². The van der Waals surface area contributed by atoms with Crippen LogP contribution >= 0.6 is 12.2 Å². The Morgan fingerprint density at radius 3 is 3.00 bits per heavy atom. The highest BCUT2D eigenvalue weighted by Crippen LogP contribution is 2.12. The molecule has 1 atom stereocenters. The van der Waals surface area contributed by atoms with Gasteiger partial charge in [-0.2, -0.15) is 0 Å². The molecule has 2 N–H and O–H groups in total. The van der Waals surface area contributed by atoms with Gasteiger partial charge in [-0.15, -0.1) is 0 Å². The van der Waals surface area contributed by atoms with E-state index in [1.807, 2.05) is 6.92 Å². The average molecular weight is 224 g/mol. The van der Waals surface area contributed by atoms with Gasteiger partial charge >= 0.3 is 0 Å². The lowest BCUT2D eigenvalue weighted by Gasteiger charge is -2.12. The molecule has 1 aromatic rings. The van der Waals surface area contributed by atoms with Crippen molar-refractivity contribution in [2.45, 2.75) is 32.8 Å². The van der Waals surface area contributed by atoms with Crippen LogP contribution < -0.4 is 10.5 Å². The van der Waals surface area contributed by atoms with Gasteiger partial charge < -0.3 is 10.5 Å². The summed E-state index contributed by atoms with van der Waals surface area (Å²) >= 11 is 4.88. The summed E-state index contributed by atoms with van der Waals surface area (Å²) in [6.45, 7) is 4.15. The van der Waals surface area contributed by atoms with Crippen LogP contribution in [0.5, 0.6) is 5.88 Å². The predicted molar refractivity (Wildman–Crippen MR) is 65.1 cm³/mol. The van der Waals surface area contributed by atoms with Gasteiger partial charge in [0, 0.05) is 17.8 Å². The molecule has 1 aromatic heterocycles. The number of aromatic nitrogens is 1. The summed E-state index contributed by atoms with van der Waals surface area (Å²) in [6.07, 6.45) is 3.93. The summed E-state index contributed by atoms with van der Waals surface area (Å²) in [7, 11) is 0. The molecule has 0 spiro atoms. The van der Waals surface area contributed by atoms with Crippen molar-refractivity contribution < 1.29 is 4.74 Å². The first-order valence-electron chi connectivity index (χ1n) is 5.06. The molecule has 0 aromatic carbocycles. The van der Waals surface area contributed by atoms with Crippen LogP contribution in [0.2, 0.25) is 0 Å². The number of nitrogens with two attached hydrogens (primary N) is 1. The lowest BCUT2D eigenvalue weighted by atomic mass is 10.2. The number of hydrogen-bond donors (Lipinski definition) is 1. The monoisotopic (exact) mass is 224 g/mol. The second-order valence-corrected chi connectivity index (χ2v) is 3.90. The lowest BCUT2D eigenvalue weighted by Crippen LogP contribution is -2.14. The fraction of sp³-hybridized carbons (Fsp3) is 0.455. The normalized spacial score (nSPS) is 12.1. The van der Waals surface area contributed by atoms with Crippen molar-refractivity contribution in [1.29, 1.82) is 0 Å². The summed E-state index contributed by atoms with van der Waals surface area (Å²) in [6, 6.07) is 3.55.